The predicted molar refractivity (Wildman–Crippen MR) is 92.3 cm³/mol. The number of fused-ring (bicyclic) bond motifs is 1. The van der Waals surface area contributed by atoms with Crippen molar-refractivity contribution in [3.63, 3.8) is 0 Å². The van der Waals surface area contributed by atoms with Crippen molar-refractivity contribution >= 4 is 23.2 Å². The van der Waals surface area contributed by atoms with Gasteiger partial charge in [0.25, 0.3) is 5.91 Å². The average Bonchev–Trinajstić information content (AvgIpc) is 3.11. The maximum atomic E-state index is 12.6. The standard InChI is InChI=1S/C18H13ClN2O4/c19-12-3-1-2-11(8-12)17-16(20-10-25-17)18(22)21-13-4-5-14-15(9-13)24-7-6-23-14/h1-5,8-10H,6-7H2,(H,21,22). The molecule has 7 heteroatoms. The van der Waals surface area contributed by atoms with Crippen molar-refractivity contribution in [1.29, 1.82) is 0 Å². The number of anilines is 1. The molecule has 0 radical (unpaired) electrons. The maximum Gasteiger partial charge on any atom is 0.278 e. The van der Waals surface area contributed by atoms with Crippen molar-refractivity contribution in [2.45, 2.75) is 0 Å². The summed E-state index contributed by atoms with van der Waals surface area (Å²) in [4.78, 5) is 16.6. The summed E-state index contributed by atoms with van der Waals surface area (Å²) in [5.74, 6) is 1.22. The molecule has 0 fully saturated rings. The van der Waals surface area contributed by atoms with E-state index in [4.69, 9.17) is 25.5 Å². The van der Waals surface area contributed by atoms with E-state index in [1.54, 1.807) is 42.5 Å². The molecule has 0 atom stereocenters. The van der Waals surface area contributed by atoms with Crippen molar-refractivity contribution in [2.75, 3.05) is 18.5 Å². The number of aromatic nitrogens is 1. The lowest BCUT2D eigenvalue weighted by Gasteiger charge is -2.18. The summed E-state index contributed by atoms with van der Waals surface area (Å²) in [5, 5.41) is 3.34. The Morgan fingerprint density at radius 2 is 1.92 bits per heavy atom. The Morgan fingerprint density at radius 3 is 2.76 bits per heavy atom. The number of ether oxygens (including phenoxy) is 2. The van der Waals surface area contributed by atoms with Crippen LogP contribution in [0.1, 0.15) is 10.5 Å². The van der Waals surface area contributed by atoms with Gasteiger partial charge in [0.1, 0.15) is 13.2 Å². The van der Waals surface area contributed by atoms with Crippen LogP contribution in [0.15, 0.2) is 53.3 Å². The highest BCUT2D eigenvalue weighted by molar-refractivity contribution is 6.30. The van der Waals surface area contributed by atoms with Crippen LogP contribution in [0, 0.1) is 0 Å². The molecule has 1 aromatic heterocycles. The Hall–Kier alpha value is -2.99. The molecule has 3 aromatic rings. The molecule has 6 nitrogen and oxygen atoms in total. The first kappa shape index (κ1) is 15.5. The Bertz CT molecular complexity index is 938. The molecule has 0 saturated heterocycles. The van der Waals surface area contributed by atoms with Gasteiger partial charge >= 0.3 is 0 Å². The van der Waals surface area contributed by atoms with Gasteiger partial charge in [0.2, 0.25) is 0 Å². The van der Waals surface area contributed by atoms with Crippen molar-refractivity contribution in [1.82, 2.24) is 4.98 Å². The SMILES string of the molecule is O=C(Nc1ccc2c(c1)OCCO2)c1ncoc1-c1cccc(Cl)c1. The largest absolute Gasteiger partial charge is 0.486 e. The first-order valence-corrected chi connectivity index (χ1v) is 7.99. The Balaban J connectivity index is 1.59. The molecule has 25 heavy (non-hydrogen) atoms. The third kappa shape index (κ3) is 3.16. The Morgan fingerprint density at radius 1 is 1.08 bits per heavy atom. The van der Waals surface area contributed by atoms with E-state index in [0.29, 0.717) is 46.7 Å². The van der Waals surface area contributed by atoms with Gasteiger partial charge in [-0.05, 0) is 24.3 Å². The Labute approximate surface area is 148 Å². The quantitative estimate of drug-likeness (QED) is 0.767. The van der Waals surface area contributed by atoms with Gasteiger partial charge in [0, 0.05) is 22.3 Å². The third-order valence-electron chi connectivity index (χ3n) is 3.67. The molecule has 4 rings (SSSR count). The van der Waals surface area contributed by atoms with Crippen LogP contribution in [0.4, 0.5) is 5.69 Å². The van der Waals surface area contributed by atoms with Crippen LogP contribution < -0.4 is 14.8 Å². The number of hydrogen-bond acceptors (Lipinski definition) is 5. The van der Waals surface area contributed by atoms with Crippen LogP contribution in [0.3, 0.4) is 0 Å². The topological polar surface area (TPSA) is 73.6 Å². The van der Waals surface area contributed by atoms with Crippen LogP contribution in [0.25, 0.3) is 11.3 Å². The number of nitrogens with zero attached hydrogens (tertiary/aromatic N) is 1. The molecule has 0 unspecified atom stereocenters. The highest BCUT2D eigenvalue weighted by Gasteiger charge is 2.20. The monoisotopic (exact) mass is 356 g/mol. The van der Waals surface area contributed by atoms with Crippen LogP contribution in [-0.4, -0.2) is 24.1 Å². The number of hydrogen-bond donors (Lipinski definition) is 1. The second-order valence-corrected chi connectivity index (χ2v) is 5.79. The van der Waals surface area contributed by atoms with Crippen LogP contribution in [0.5, 0.6) is 11.5 Å². The predicted octanol–water partition coefficient (Wildman–Crippen LogP) is 4.02. The highest BCUT2D eigenvalue weighted by Crippen LogP contribution is 2.33. The molecule has 0 bridgehead atoms. The zero-order chi connectivity index (χ0) is 17.2. The van der Waals surface area contributed by atoms with E-state index in [0.717, 1.165) is 0 Å². The van der Waals surface area contributed by atoms with Gasteiger partial charge in [0.05, 0.1) is 0 Å². The summed E-state index contributed by atoms with van der Waals surface area (Å²) in [7, 11) is 0. The first-order chi connectivity index (χ1) is 12.2. The minimum Gasteiger partial charge on any atom is -0.486 e. The molecule has 0 spiro atoms. The second-order valence-electron chi connectivity index (χ2n) is 5.35. The summed E-state index contributed by atoms with van der Waals surface area (Å²) in [6.07, 6.45) is 1.23. The van der Waals surface area contributed by atoms with Crippen molar-refractivity contribution in [3.8, 4) is 22.8 Å². The molecule has 2 aromatic carbocycles. The van der Waals surface area contributed by atoms with E-state index in [-0.39, 0.29) is 11.6 Å². The summed E-state index contributed by atoms with van der Waals surface area (Å²) in [6.45, 7) is 0.993. The molecule has 2 heterocycles. The molecule has 0 aliphatic carbocycles. The molecule has 1 amide bonds. The van der Waals surface area contributed by atoms with Gasteiger partial charge < -0.3 is 19.2 Å². The molecular formula is C18H13ClN2O4. The highest BCUT2D eigenvalue weighted by atomic mass is 35.5. The lowest BCUT2D eigenvalue weighted by Crippen LogP contribution is -2.17. The van der Waals surface area contributed by atoms with Gasteiger partial charge in [-0.15, -0.1) is 0 Å². The number of carbonyl (C=O) groups excluding carboxylic acids is 1. The van der Waals surface area contributed by atoms with Crippen molar-refractivity contribution in [3.05, 3.63) is 59.6 Å². The van der Waals surface area contributed by atoms with E-state index >= 15 is 0 Å². The molecule has 126 valence electrons. The van der Waals surface area contributed by atoms with Gasteiger partial charge in [-0.1, -0.05) is 23.7 Å². The molecule has 0 saturated carbocycles. The lowest BCUT2D eigenvalue weighted by molar-refractivity contribution is 0.102. The van der Waals surface area contributed by atoms with Crippen LogP contribution in [0.2, 0.25) is 5.02 Å². The zero-order valence-electron chi connectivity index (χ0n) is 13.0. The number of rotatable bonds is 3. The third-order valence-corrected chi connectivity index (χ3v) is 3.90. The first-order valence-electron chi connectivity index (χ1n) is 7.61. The number of amides is 1. The summed E-state index contributed by atoms with van der Waals surface area (Å²) >= 11 is 6.00. The van der Waals surface area contributed by atoms with E-state index < -0.39 is 0 Å². The minimum absolute atomic E-state index is 0.178. The van der Waals surface area contributed by atoms with E-state index in [1.165, 1.54) is 6.39 Å². The van der Waals surface area contributed by atoms with E-state index in [9.17, 15) is 4.79 Å². The number of halogens is 1. The molecule has 1 N–H and O–H groups in total. The van der Waals surface area contributed by atoms with Crippen LogP contribution in [-0.2, 0) is 0 Å². The van der Waals surface area contributed by atoms with Gasteiger partial charge in [-0.2, -0.15) is 0 Å². The smallest absolute Gasteiger partial charge is 0.278 e. The summed E-state index contributed by atoms with van der Waals surface area (Å²) in [6, 6.07) is 12.2. The van der Waals surface area contributed by atoms with E-state index in [2.05, 4.69) is 10.3 Å². The molecule has 1 aliphatic rings. The van der Waals surface area contributed by atoms with Gasteiger partial charge in [-0.25, -0.2) is 4.98 Å². The summed E-state index contributed by atoms with van der Waals surface area (Å²) in [5.41, 5.74) is 1.43. The van der Waals surface area contributed by atoms with Crippen molar-refractivity contribution < 1.29 is 18.7 Å². The van der Waals surface area contributed by atoms with Gasteiger partial charge in [-0.3, -0.25) is 4.79 Å². The fraction of sp³-hybridized carbons (Fsp3) is 0.111. The van der Waals surface area contributed by atoms with Crippen LogP contribution >= 0.6 is 11.6 Å². The van der Waals surface area contributed by atoms with E-state index in [1.807, 2.05) is 0 Å². The molecule has 1 aliphatic heterocycles. The average molecular weight is 357 g/mol. The maximum absolute atomic E-state index is 12.6. The number of carbonyl (C=O) groups is 1. The number of oxazole rings is 1. The minimum atomic E-state index is -0.389. The fourth-order valence-electron chi connectivity index (χ4n) is 2.55. The zero-order valence-corrected chi connectivity index (χ0v) is 13.7. The normalized spacial score (nSPS) is 12.7. The lowest BCUT2D eigenvalue weighted by atomic mass is 10.1. The number of nitrogens with one attached hydrogen (secondary N) is 1. The second kappa shape index (κ2) is 6.49. The molecular weight excluding hydrogens is 344 g/mol. The van der Waals surface area contributed by atoms with Gasteiger partial charge in [0.15, 0.2) is 29.3 Å². The summed E-state index contributed by atoms with van der Waals surface area (Å²) < 4.78 is 16.4. The number of benzene rings is 2. The van der Waals surface area contributed by atoms with Crippen molar-refractivity contribution in [2.24, 2.45) is 0 Å². The Kier molecular flexibility index (Phi) is 4.03. The fourth-order valence-corrected chi connectivity index (χ4v) is 2.74.